The van der Waals surface area contributed by atoms with E-state index in [0.717, 1.165) is 0 Å². The third-order valence-electron chi connectivity index (χ3n) is 2.97. The molecule has 1 aliphatic carbocycles. The van der Waals surface area contributed by atoms with Crippen molar-refractivity contribution in [1.29, 1.82) is 0 Å². The molecule has 0 aliphatic heterocycles. The lowest BCUT2D eigenvalue weighted by atomic mass is 9.89. The normalized spacial score (nSPS) is 23.9. The molecule has 1 fully saturated rings. The average molecular weight is 253 g/mol. The summed E-state index contributed by atoms with van der Waals surface area (Å²) in [7, 11) is 0. The van der Waals surface area contributed by atoms with Gasteiger partial charge in [0.15, 0.2) is 17.7 Å². The first-order chi connectivity index (χ1) is 8.56. The van der Waals surface area contributed by atoms with Gasteiger partial charge in [-0.2, -0.15) is 0 Å². The molecule has 1 atom stereocenters. The molecule has 18 heavy (non-hydrogen) atoms. The van der Waals surface area contributed by atoms with E-state index in [1.54, 1.807) is 19.1 Å². The molecule has 0 spiro atoms. The maximum Gasteiger partial charge on any atom is 0.261 e. The Kier molecular flexibility index (Phi) is 3.81. The first-order valence-electron chi connectivity index (χ1n) is 5.96. The fourth-order valence-corrected chi connectivity index (χ4v) is 1.81. The highest BCUT2D eigenvalue weighted by Gasteiger charge is 2.30. The standard InChI is InChI=1S/C13H16FNO3/c1-8(13(17)15-9-6-10(16)7-9)18-12-5-3-2-4-11(12)14/h2-5,8-10,16H,6-7H2,1H3,(H,15,17). The number of aliphatic hydroxyl groups excluding tert-OH is 1. The minimum atomic E-state index is -0.764. The van der Waals surface area contributed by atoms with Crippen molar-refractivity contribution in [2.45, 2.75) is 38.0 Å². The molecule has 1 saturated carbocycles. The number of rotatable bonds is 4. The van der Waals surface area contributed by atoms with E-state index >= 15 is 0 Å². The zero-order chi connectivity index (χ0) is 13.1. The third-order valence-corrected chi connectivity index (χ3v) is 2.97. The second-order valence-electron chi connectivity index (χ2n) is 4.52. The number of carbonyl (C=O) groups excluding carboxylic acids is 1. The Morgan fingerprint density at radius 3 is 2.78 bits per heavy atom. The number of benzene rings is 1. The van der Waals surface area contributed by atoms with E-state index in [2.05, 4.69) is 5.32 Å². The summed E-state index contributed by atoms with van der Waals surface area (Å²) in [6, 6.07) is 5.96. The van der Waals surface area contributed by atoms with Gasteiger partial charge in [-0.3, -0.25) is 4.79 Å². The van der Waals surface area contributed by atoms with Crippen LogP contribution in [0, 0.1) is 5.82 Å². The third kappa shape index (κ3) is 2.98. The summed E-state index contributed by atoms with van der Waals surface area (Å²) in [6.07, 6.45) is 0.0498. The topological polar surface area (TPSA) is 58.6 Å². The lowest BCUT2D eigenvalue weighted by molar-refractivity contribution is -0.129. The second-order valence-corrected chi connectivity index (χ2v) is 4.52. The maximum atomic E-state index is 13.3. The molecule has 4 nitrogen and oxygen atoms in total. The predicted octanol–water partition coefficient (Wildman–Crippen LogP) is 1.23. The van der Waals surface area contributed by atoms with Crippen LogP contribution in [-0.2, 0) is 4.79 Å². The molecule has 2 rings (SSSR count). The van der Waals surface area contributed by atoms with E-state index < -0.39 is 11.9 Å². The molecule has 98 valence electrons. The van der Waals surface area contributed by atoms with E-state index in [-0.39, 0.29) is 23.8 Å². The summed E-state index contributed by atoms with van der Waals surface area (Å²) in [5, 5.41) is 11.8. The number of amides is 1. The second kappa shape index (κ2) is 5.35. The zero-order valence-electron chi connectivity index (χ0n) is 10.1. The average Bonchev–Trinajstić information content (AvgIpc) is 2.30. The van der Waals surface area contributed by atoms with Gasteiger partial charge in [0.25, 0.3) is 5.91 Å². The van der Waals surface area contributed by atoms with Gasteiger partial charge in [-0.05, 0) is 31.9 Å². The fraction of sp³-hybridized carbons (Fsp3) is 0.462. The molecule has 0 heterocycles. The fourth-order valence-electron chi connectivity index (χ4n) is 1.81. The lowest BCUT2D eigenvalue weighted by Gasteiger charge is -2.32. The Balaban J connectivity index is 1.86. The van der Waals surface area contributed by atoms with Crippen LogP contribution in [0.2, 0.25) is 0 Å². The molecule has 0 aromatic heterocycles. The van der Waals surface area contributed by atoms with Gasteiger partial charge < -0.3 is 15.2 Å². The van der Waals surface area contributed by atoms with E-state index in [0.29, 0.717) is 12.8 Å². The van der Waals surface area contributed by atoms with Crippen LogP contribution >= 0.6 is 0 Å². The molecule has 5 heteroatoms. The summed E-state index contributed by atoms with van der Waals surface area (Å²) >= 11 is 0. The molecule has 2 N–H and O–H groups in total. The van der Waals surface area contributed by atoms with Crippen LogP contribution in [0.1, 0.15) is 19.8 Å². The smallest absolute Gasteiger partial charge is 0.261 e. The summed E-state index contributed by atoms with van der Waals surface area (Å²) in [5.41, 5.74) is 0. The highest BCUT2D eigenvalue weighted by Crippen LogP contribution is 2.20. The van der Waals surface area contributed by atoms with Gasteiger partial charge >= 0.3 is 0 Å². The largest absolute Gasteiger partial charge is 0.478 e. The quantitative estimate of drug-likeness (QED) is 0.848. The number of halogens is 1. The SMILES string of the molecule is CC(Oc1ccccc1F)C(=O)NC1CC(O)C1. The number of hydrogen-bond acceptors (Lipinski definition) is 3. The number of nitrogens with one attached hydrogen (secondary N) is 1. The van der Waals surface area contributed by atoms with Crippen molar-refractivity contribution >= 4 is 5.91 Å². The number of ether oxygens (including phenoxy) is 1. The molecular weight excluding hydrogens is 237 g/mol. The highest BCUT2D eigenvalue weighted by molar-refractivity contribution is 5.81. The van der Waals surface area contributed by atoms with Gasteiger partial charge in [-0.15, -0.1) is 0 Å². The minimum Gasteiger partial charge on any atom is -0.478 e. The van der Waals surface area contributed by atoms with Crippen molar-refractivity contribution in [2.75, 3.05) is 0 Å². The zero-order valence-corrected chi connectivity index (χ0v) is 10.1. The van der Waals surface area contributed by atoms with Crippen molar-refractivity contribution in [3.8, 4) is 5.75 Å². The van der Waals surface area contributed by atoms with Gasteiger partial charge in [0.05, 0.1) is 6.10 Å². The van der Waals surface area contributed by atoms with Gasteiger partial charge in [-0.25, -0.2) is 4.39 Å². The molecule has 1 aromatic carbocycles. The first kappa shape index (κ1) is 12.8. The van der Waals surface area contributed by atoms with Crippen molar-refractivity contribution in [3.05, 3.63) is 30.1 Å². The molecule has 1 unspecified atom stereocenters. The Morgan fingerprint density at radius 2 is 2.17 bits per heavy atom. The van der Waals surface area contributed by atoms with Crippen LogP contribution in [0.3, 0.4) is 0 Å². The van der Waals surface area contributed by atoms with Crippen LogP contribution in [0.4, 0.5) is 4.39 Å². The Morgan fingerprint density at radius 1 is 1.50 bits per heavy atom. The molecule has 0 saturated heterocycles. The van der Waals surface area contributed by atoms with E-state index in [9.17, 15) is 9.18 Å². The van der Waals surface area contributed by atoms with Crippen molar-refractivity contribution in [3.63, 3.8) is 0 Å². The predicted molar refractivity (Wildman–Crippen MR) is 63.7 cm³/mol. The lowest BCUT2D eigenvalue weighted by Crippen LogP contribution is -2.50. The van der Waals surface area contributed by atoms with Gasteiger partial charge in [0.1, 0.15) is 0 Å². The summed E-state index contributed by atoms with van der Waals surface area (Å²) in [4.78, 5) is 11.7. The number of aliphatic hydroxyl groups is 1. The monoisotopic (exact) mass is 253 g/mol. The minimum absolute atomic E-state index is 0.000768. The van der Waals surface area contributed by atoms with E-state index in [1.807, 2.05) is 0 Å². The van der Waals surface area contributed by atoms with Crippen LogP contribution in [0.15, 0.2) is 24.3 Å². The van der Waals surface area contributed by atoms with Crippen LogP contribution in [-0.4, -0.2) is 29.3 Å². The van der Waals surface area contributed by atoms with Gasteiger partial charge in [-0.1, -0.05) is 12.1 Å². The highest BCUT2D eigenvalue weighted by atomic mass is 19.1. The summed E-state index contributed by atoms with van der Waals surface area (Å²) < 4.78 is 18.6. The maximum absolute atomic E-state index is 13.3. The molecule has 1 amide bonds. The van der Waals surface area contributed by atoms with Crippen molar-refractivity contribution < 1.29 is 19.0 Å². The van der Waals surface area contributed by atoms with Crippen molar-refractivity contribution in [2.24, 2.45) is 0 Å². The van der Waals surface area contributed by atoms with Crippen LogP contribution < -0.4 is 10.1 Å². The number of carbonyl (C=O) groups is 1. The molecule has 0 bridgehead atoms. The Bertz CT molecular complexity index is 432. The van der Waals surface area contributed by atoms with Gasteiger partial charge in [0, 0.05) is 6.04 Å². The number of hydrogen-bond donors (Lipinski definition) is 2. The van der Waals surface area contributed by atoms with Gasteiger partial charge in [0.2, 0.25) is 0 Å². The summed E-state index contributed by atoms with van der Waals surface area (Å²) in [6.45, 7) is 1.57. The Labute approximate surface area is 105 Å². The molecule has 1 aromatic rings. The van der Waals surface area contributed by atoms with Crippen LogP contribution in [0.25, 0.3) is 0 Å². The van der Waals surface area contributed by atoms with E-state index in [4.69, 9.17) is 9.84 Å². The Hall–Kier alpha value is -1.62. The molecule has 1 aliphatic rings. The molecular formula is C13H16FNO3. The molecule has 0 radical (unpaired) electrons. The van der Waals surface area contributed by atoms with Crippen LogP contribution in [0.5, 0.6) is 5.75 Å². The van der Waals surface area contributed by atoms with E-state index in [1.165, 1.54) is 12.1 Å². The summed E-state index contributed by atoms with van der Waals surface area (Å²) in [5.74, 6) is -0.722. The number of para-hydroxylation sites is 1. The first-order valence-corrected chi connectivity index (χ1v) is 5.96. The van der Waals surface area contributed by atoms with Crippen molar-refractivity contribution in [1.82, 2.24) is 5.32 Å².